The standard InChI is InChI=1S/C27H42N4O5/c1-18(2)31(25(34)21(16-17-22(28)32)30-26(35)36-27(3,4)5)23(19-12-8-6-9-13-19)24(33)29-20-14-10-7-11-15-20/h6,8-9,12-13,18,20-21,23H,7,10-11,14-17H2,1-5H3,(H2,28,32)(H,29,33)(H,30,35). The van der Waals surface area contributed by atoms with E-state index in [4.69, 9.17) is 10.5 Å². The lowest BCUT2D eigenvalue weighted by atomic mass is 9.94. The van der Waals surface area contributed by atoms with E-state index in [1.165, 1.54) is 4.90 Å². The zero-order valence-corrected chi connectivity index (χ0v) is 22.2. The molecule has 4 amide bonds. The molecule has 200 valence electrons. The van der Waals surface area contributed by atoms with E-state index in [2.05, 4.69) is 10.6 Å². The number of hydrogen-bond acceptors (Lipinski definition) is 5. The normalized spacial score (nSPS) is 16.1. The first-order valence-electron chi connectivity index (χ1n) is 12.8. The van der Waals surface area contributed by atoms with Crippen LogP contribution in [0.3, 0.4) is 0 Å². The van der Waals surface area contributed by atoms with Crippen molar-refractivity contribution in [1.82, 2.24) is 15.5 Å². The Hall–Kier alpha value is -3.10. The smallest absolute Gasteiger partial charge is 0.408 e. The molecular weight excluding hydrogens is 460 g/mol. The first kappa shape index (κ1) is 29.1. The van der Waals surface area contributed by atoms with E-state index in [0.29, 0.717) is 5.56 Å². The fourth-order valence-electron chi connectivity index (χ4n) is 4.45. The van der Waals surface area contributed by atoms with Gasteiger partial charge in [-0.3, -0.25) is 14.4 Å². The molecule has 1 aliphatic carbocycles. The number of primary amides is 1. The summed E-state index contributed by atoms with van der Waals surface area (Å²) in [6.07, 6.45) is 4.19. The van der Waals surface area contributed by atoms with Gasteiger partial charge in [0.1, 0.15) is 17.7 Å². The predicted molar refractivity (Wildman–Crippen MR) is 138 cm³/mol. The second kappa shape index (κ2) is 13.3. The fourth-order valence-corrected chi connectivity index (χ4v) is 4.45. The Morgan fingerprint density at radius 2 is 1.67 bits per heavy atom. The minimum absolute atomic E-state index is 0.0115. The van der Waals surface area contributed by atoms with E-state index in [0.717, 1.165) is 32.1 Å². The molecule has 1 saturated carbocycles. The van der Waals surface area contributed by atoms with Gasteiger partial charge in [0.25, 0.3) is 0 Å². The third-order valence-corrected chi connectivity index (χ3v) is 6.07. The number of ether oxygens (including phenoxy) is 1. The summed E-state index contributed by atoms with van der Waals surface area (Å²) in [7, 11) is 0. The SMILES string of the molecule is CC(C)N(C(=O)C(CCC(N)=O)NC(=O)OC(C)(C)C)C(C(=O)NC1CCCCC1)c1ccccc1. The van der Waals surface area contributed by atoms with Crippen molar-refractivity contribution < 1.29 is 23.9 Å². The van der Waals surface area contributed by atoms with E-state index in [-0.39, 0.29) is 30.8 Å². The second-order valence-electron chi connectivity index (χ2n) is 10.7. The van der Waals surface area contributed by atoms with Gasteiger partial charge in [0, 0.05) is 18.5 Å². The molecule has 1 aliphatic rings. The summed E-state index contributed by atoms with van der Waals surface area (Å²) >= 11 is 0. The van der Waals surface area contributed by atoms with E-state index in [1.807, 2.05) is 44.2 Å². The molecule has 2 atom stereocenters. The van der Waals surface area contributed by atoms with Crippen LogP contribution in [0.15, 0.2) is 30.3 Å². The van der Waals surface area contributed by atoms with Gasteiger partial charge in [-0.25, -0.2) is 4.79 Å². The highest BCUT2D eigenvalue weighted by atomic mass is 16.6. The van der Waals surface area contributed by atoms with Gasteiger partial charge in [0.15, 0.2) is 0 Å². The lowest BCUT2D eigenvalue weighted by Gasteiger charge is -2.38. The van der Waals surface area contributed by atoms with E-state index in [9.17, 15) is 19.2 Å². The van der Waals surface area contributed by atoms with Crippen LogP contribution in [-0.4, -0.2) is 52.4 Å². The number of alkyl carbamates (subject to hydrolysis) is 1. The molecule has 0 spiro atoms. The van der Waals surface area contributed by atoms with Gasteiger partial charge in [-0.05, 0) is 59.4 Å². The van der Waals surface area contributed by atoms with Gasteiger partial charge in [0.05, 0.1) is 0 Å². The zero-order valence-electron chi connectivity index (χ0n) is 22.2. The number of carbonyl (C=O) groups excluding carboxylic acids is 4. The Kier molecular flexibility index (Phi) is 10.7. The van der Waals surface area contributed by atoms with Crippen molar-refractivity contribution >= 4 is 23.8 Å². The van der Waals surface area contributed by atoms with Gasteiger partial charge < -0.3 is 26.0 Å². The van der Waals surface area contributed by atoms with Gasteiger partial charge in [0.2, 0.25) is 17.7 Å². The molecule has 4 N–H and O–H groups in total. The molecular formula is C27H42N4O5. The summed E-state index contributed by atoms with van der Waals surface area (Å²) in [5.41, 5.74) is 5.23. The Bertz CT molecular complexity index is 891. The molecule has 0 aliphatic heterocycles. The van der Waals surface area contributed by atoms with Crippen LogP contribution in [0.2, 0.25) is 0 Å². The van der Waals surface area contributed by atoms with Crippen LogP contribution in [0, 0.1) is 0 Å². The minimum Gasteiger partial charge on any atom is -0.444 e. The minimum atomic E-state index is -1.09. The summed E-state index contributed by atoms with van der Waals surface area (Å²) in [5.74, 6) is -1.34. The monoisotopic (exact) mass is 502 g/mol. The number of amides is 4. The number of nitrogens with zero attached hydrogens (tertiary/aromatic N) is 1. The summed E-state index contributed by atoms with van der Waals surface area (Å²) in [5, 5.41) is 5.75. The van der Waals surface area contributed by atoms with E-state index in [1.54, 1.807) is 20.8 Å². The molecule has 0 aromatic heterocycles. The predicted octanol–water partition coefficient (Wildman–Crippen LogP) is 3.57. The summed E-state index contributed by atoms with van der Waals surface area (Å²) in [6, 6.07) is 6.80. The van der Waals surface area contributed by atoms with Crippen LogP contribution in [0.25, 0.3) is 0 Å². The summed E-state index contributed by atoms with van der Waals surface area (Å²) in [6.45, 7) is 8.79. The van der Waals surface area contributed by atoms with Crippen molar-refractivity contribution in [2.45, 2.75) is 109 Å². The maximum absolute atomic E-state index is 13.9. The molecule has 1 aromatic carbocycles. The van der Waals surface area contributed by atoms with Crippen LogP contribution < -0.4 is 16.4 Å². The van der Waals surface area contributed by atoms with Crippen LogP contribution in [-0.2, 0) is 19.1 Å². The lowest BCUT2D eigenvalue weighted by Crippen LogP contribution is -2.56. The van der Waals surface area contributed by atoms with Crippen molar-refractivity contribution in [1.29, 1.82) is 0 Å². The molecule has 36 heavy (non-hydrogen) atoms. The highest BCUT2D eigenvalue weighted by molar-refractivity contribution is 5.92. The van der Waals surface area contributed by atoms with Crippen molar-refractivity contribution in [3.63, 3.8) is 0 Å². The average Bonchev–Trinajstić information content (AvgIpc) is 2.79. The summed E-state index contributed by atoms with van der Waals surface area (Å²) < 4.78 is 5.34. The number of rotatable bonds is 10. The number of carbonyl (C=O) groups is 4. The van der Waals surface area contributed by atoms with Crippen molar-refractivity contribution in [2.75, 3.05) is 0 Å². The zero-order chi connectivity index (χ0) is 26.9. The van der Waals surface area contributed by atoms with Gasteiger partial charge >= 0.3 is 6.09 Å². The topological polar surface area (TPSA) is 131 Å². The van der Waals surface area contributed by atoms with Crippen LogP contribution >= 0.6 is 0 Å². The molecule has 0 radical (unpaired) electrons. The van der Waals surface area contributed by atoms with E-state index < -0.39 is 35.6 Å². The molecule has 2 rings (SSSR count). The Labute approximate surface area is 214 Å². The lowest BCUT2D eigenvalue weighted by molar-refractivity contribution is -0.145. The highest BCUT2D eigenvalue weighted by Gasteiger charge is 2.38. The van der Waals surface area contributed by atoms with Crippen LogP contribution in [0.5, 0.6) is 0 Å². The quantitative estimate of drug-likeness (QED) is 0.450. The van der Waals surface area contributed by atoms with Crippen molar-refractivity contribution in [3.8, 4) is 0 Å². The Morgan fingerprint density at radius 1 is 1.06 bits per heavy atom. The molecule has 1 aromatic rings. The number of nitrogens with one attached hydrogen (secondary N) is 2. The summed E-state index contributed by atoms with van der Waals surface area (Å²) in [4.78, 5) is 53.2. The fraction of sp³-hybridized carbons (Fsp3) is 0.630. The molecule has 1 fully saturated rings. The van der Waals surface area contributed by atoms with Crippen molar-refractivity contribution in [3.05, 3.63) is 35.9 Å². The molecule has 0 saturated heterocycles. The van der Waals surface area contributed by atoms with Gasteiger partial charge in [-0.2, -0.15) is 0 Å². The number of nitrogens with two attached hydrogens (primary N) is 1. The van der Waals surface area contributed by atoms with E-state index >= 15 is 0 Å². The molecule has 9 nitrogen and oxygen atoms in total. The highest BCUT2D eigenvalue weighted by Crippen LogP contribution is 2.27. The second-order valence-corrected chi connectivity index (χ2v) is 10.7. The molecule has 0 heterocycles. The number of hydrogen-bond donors (Lipinski definition) is 3. The third kappa shape index (κ3) is 9.17. The molecule has 0 bridgehead atoms. The van der Waals surface area contributed by atoms with Gasteiger partial charge in [-0.1, -0.05) is 49.6 Å². The molecule has 2 unspecified atom stereocenters. The third-order valence-electron chi connectivity index (χ3n) is 6.07. The average molecular weight is 503 g/mol. The first-order valence-corrected chi connectivity index (χ1v) is 12.8. The maximum Gasteiger partial charge on any atom is 0.408 e. The Morgan fingerprint density at radius 3 is 2.19 bits per heavy atom. The van der Waals surface area contributed by atoms with Crippen molar-refractivity contribution in [2.24, 2.45) is 5.73 Å². The van der Waals surface area contributed by atoms with Crippen LogP contribution in [0.4, 0.5) is 4.79 Å². The maximum atomic E-state index is 13.9. The Balaban J connectivity index is 2.39. The van der Waals surface area contributed by atoms with Crippen LogP contribution in [0.1, 0.15) is 91.2 Å². The first-order chi connectivity index (χ1) is 16.9. The molecule has 9 heteroatoms. The largest absolute Gasteiger partial charge is 0.444 e. The number of benzene rings is 1. The van der Waals surface area contributed by atoms with Gasteiger partial charge in [-0.15, -0.1) is 0 Å².